The van der Waals surface area contributed by atoms with Gasteiger partial charge < -0.3 is 10.5 Å². The number of nitrogens with two attached hydrogens (primary N) is 1. The molecule has 2 N–H and O–H groups in total. The van der Waals surface area contributed by atoms with Crippen LogP contribution in [0.4, 0.5) is 0 Å². The molecule has 0 aliphatic carbocycles. The van der Waals surface area contributed by atoms with Crippen molar-refractivity contribution in [2.45, 2.75) is 19.6 Å². The molecule has 0 spiro atoms. The van der Waals surface area contributed by atoms with Gasteiger partial charge >= 0.3 is 0 Å². The Balaban J connectivity index is 2.42. The molecule has 0 radical (unpaired) electrons. The molecule has 0 bridgehead atoms. The first-order chi connectivity index (χ1) is 7.30. The van der Waals surface area contributed by atoms with E-state index in [4.69, 9.17) is 10.5 Å². The molecule has 0 amide bonds. The number of hydrogen-bond acceptors (Lipinski definition) is 4. The van der Waals surface area contributed by atoms with Gasteiger partial charge in [-0.1, -0.05) is 13.0 Å². The number of methoxy groups -OCH3 is 1. The van der Waals surface area contributed by atoms with Gasteiger partial charge in [-0.05, 0) is 18.0 Å². The van der Waals surface area contributed by atoms with E-state index < -0.39 is 0 Å². The third kappa shape index (κ3) is 4.30. The first-order valence-electron chi connectivity index (χ1n) is 5.27. The van der Waals surface area contributed by atoms with E-state index in [9.17, 15) is 0 Å². The van der Waals surface area contributed by atoms with Crippen molar-refractivity contribution in [1.29, 1.82) is 0 Å². The quantitative estimate of drug-likeness (QED) is 0.769. The summed E-state index contributed by atoms with van der Waals surface area (Å²) in [6.45, 7) is 5.67. The zero-order chi connectivity index (χ0) is 11.1. The summed E-state index contributed by atoms with van der Waals surface area (Å²) in [7, 11) is 1.72. The fourth-order valence-corrected chi connectivity index (χ4v) is 2.21. The molecule has 1 atom stereocenters. The lowest BCUT2D eigenvalue weighted by Gasteiger charge is -2.24. The molecule has 1 heterocycles. The number of nitrogens with zero attached hydrogens (tertiary/aromatic N) is 1. The Morgan fingerprint density at radius 3 is 2.87 bits per heavy atom. The summed E-state index contributed by atoms with van der Waals surface area (Å²) in [6.07, 6.45) is 0.143. The molecule has 0 saturated carbocycles. The fourth-order valence-electron chi connectivity index (χ4n) is 1.46. The van der Waals surface area contributed by atoms with E-state index in [1.54, 1.807) is 18.4 Å². The van der Waals surface area contributed by atoms with E-state index in [-0.39, 0.29) is 6.10 Å². The van der Waals surface area contributed by atoms with Gasteiger partial charge in [-0.3, -0.25) is 4.90 Å². The summed E-state index contributed by atoms with van der Waals surface area (Å²) in [5.41, 5.74) is 5.61. The molecule has 0 aliphatic rings. The molecule has 4 heteroatoms. The second-order valence-corrected chi connectivity index (χ2v) is 4.53. The van der Waals surface area contributed by atoms with Crippen LogP contribution in [0.5, 0.6) is 0 Å². The number of hydrogen-bond donors (Lipinski definition) is 1. The summed E-state index contributed by atoms with van der Waals surface area (Å²) in [5, 5.41) is 2.11. The maximum atomic E-state index is 5.61. The lowest BCUT2D eigenvalue weighted by Crippen LogP contribution is -2.37. The van der Waals surface area contributed by atoms with Gasteiger partial charge in [-0.25, -0.2) is 0 Å². The van der Waals surface area contributed by atoms with Crippen LogP contribution in [0.1, 0.15) is 11.8 Å². The van der Waals surface area contributed by atoms with Gasteiger partial charge in [0.15, 0.2) is 0 Å². The van der Waals surface area contributed by atoms with Crippen molar-refractivity contribution >= 4 is 11.3 Å². The molecule has 0 saturated heterocycles. The average Bonchev–Trinajstić information content (AvgIpc) is 2.76. The van der Waals surface area contributed by atoms with Crippen molar-refractivity contribution in [1.82, 2.24) is 4.90 Å². The van der Waals surface area contributed by atoms with Crippen LogP contribution in [0.25, 0.3) is 0 Å². The molecular weight excluding hydrogens is 208 g/mol. The van der Waals surface area contributed by atoms with Crippen molar-refractivity contribution in [3.63, 3.8) is 0 Å². The van der Waals surface area contributed by atoms with Gasteiger partial charge in [-0.15, -0.1) is 11.3 Å². The third-order valence-corrected chi connectivity index (χ3v) is 3.33. The van der Waals surface area contributed by atoms with Crippen LogP contribution in [0.2, 0.25) is 0 Å². The fraction of sp³-hybridized carbons (Fsp3) is 0.636. The topological polar surface area (TPSA) is 38.5 Å². The maximum absolute atomic E-state index is 5.61. The molecular formula is C11H20N2OS. The Morgan fingerprint density at radius 2 is 2.40 bits per heavy atom. The van der Waals surface area contributed by atoms with Crippen LogP contribution in [0.15, 0.2) is 17.5 Å². The largest absolute Gasteiger partial charge is 0.379 e. The van der Waals surface area contributed by atoms with Crippen molar-refractivity contribution in [2.75, 3.05) is 26.7 Å². The molecule has 15 heavy (non-hydrogen) atoms. The number of rotatable bonds is 7. The van der Waals surface area contributed by atoms with E-state index in [0.29, 0.717) is 6.54 Å². The highest BCUT2D eigenvalue weighted by atomic mass is 32.1. The number of thiophene rings is 1. The van der Waals surface area contributed by atoms with E-state index in [1.165, 1.54) is 4.88 Å². The standard InChI is InChI=1S/C11H20N2OS/c1-3-13(8-10(7-12)14-2)9-11-5-4-6-15-11/h4-6,10H,3,7-9,12H2,1-2H3. The van der Waals surface area contributed by atoms with E-state index in [1.807, 2.05) is 0 Å². The molecule has 0 aliphatic heterocycles. The minimum atomic E-state index is 0.143. The van der Waals surface area contributed by atoms with Gasteiger partial charge in [0.2, 0.25) is 0 Å². The van der Waals surface area contributed by atoms with Crippen LogP contribution >= 0.6 is 11.3 Å². The second kappa shape index (κ2) is 6.95. The van der Waals surface area contributed by atoms with Gasteiger partial charge in [0, 0.05) is 31.6 Å². The van der Waals surface area contributed by atoms with Crippen LogP contribution in [-0.4, -0.2) is 37.7 Å². The molecule has 3 nitrogen and oxygen atoms in total. The van der Waals surface area contributed by atoms with Crippen LogP contribution in [0.3, 0.4) is 0 Å². The summed E-state index contributed by atoms with van der Waals surface area (Å²) >= 11 is 1.80. The Bertz CT molecular complexity index is 247. The summed E-state index contributed by atoms with van der Waals surface area (Å²) in [5.74, 6) is 0. The Morgan fingerprint density at radius 1 is 1.60 bits per heavy atom. The number of ether oxygens (including phenoxy) is 1. The zero-order valence-electron chi connectivity index (χ0n) is 9.48. The maximum Gasteiger partial charge on any atom is 0.0820 e. The highest BCUT2D eigenvalue weighted by molar-refractivity contribution is 7.09. The summed E-state index contributed by atoms with van der Waals surface area (Å²) in [4.78, 5) is 3.75. The van der Waals surface area contributed by atoms with E-state index >= 15 is 0 Å². The van der Waals surface area contributed by atoms with Gasteiger partial charge in [-0.2, -0.15) is 0 Å². The molecule has 86 valence electrons. The molecule has 1 unspecified atom stereocenters. The molecule has 1 aromatic rings. The van der Waals surface area contributed by atoms with Gasteiger partial charge in [0.25, 0.3) is 0 Å². The monoisotopic (exact) mass is 228 g/mol. The molecule has 1 rings (SSSR count). The second-order valence-electron chi connectivity index (χ2n) is 3.50. The summed E-state index contributed by atoms with van der Waals surface area (Å²) < 4.78 is 5.29. The lowest BCUT2D eigenvalue weighted by atomic mass is 10.3. The highest BCUT2D eigenvalue weighted by Gasteiger charge is 2.11. The van der Waals surface area contributed by atoms with Crippen molar-refractivity contribution in [3.05, 3.63) is 22.4 Å². The predicted octanol–water partition coefficient (Wildman–Crippen LogP) is 1.54. The van der Waals surface area contributed by atoms with Crippen LogP contribution < -0.4 is 5.73 Å². The smallest absolute Gasteiger partial charge is 0.0820 e. The van der Waals surface area contributed by atoms with E-state index in [2.05, 4.69) is 29.3 Å². The summed E-state index contributed by atoms with van der Waals surface area (Å²) in [6, 6.07) is 4.25. The molecule has 1 aromatic heterocycles. The first-order valence-corrected chi connectivity index (χ1v) is 6.15. The Kier molecular flexibility index (Phi) is 5.86. The van der Waals surface area contributed by atoms with Crippen molar-refractivity contribution in [2.24, 2.45) is 5.73 Å². The minimum absolute atomic E-state index is 0.143. The van der Waals surface area contributed by atoms with Gasteiger partial charge in [0.1, 0.15) is 0 Å². The molecule has 0 aromatic carbocycles. The first kappa shape index (κ1) is 12.6. The Labute approximate surface area is 95.8 Å². The van der Waals surface area contributed by atoms with Crippen molar-refractivity contribution < 1.29 is 4.74 Å². The van der Waals surface area contributed by atoms with Crippen molar-refractivity contribution in [3.8, 4) is 0 Å². The lowest BCUT2D eigenvalue weighted by molar-refractivity contribution is 0.0695. The van der Waals surface area contributed by atoms with Crippen LogP contribution in [-0.2, 0) is 11.3 Å². The normalized spacial score (nSPS) is 13.3. The average molecular weight is 228 g/mol. The van der Waals surface area contributed by atoms with Gasteiger partial charge in [0.05, 0.1) is 6.10 Å². The third-order valence-electron chi connectivity index (χ3n) is 2.46. The highest BCUT2D eigenvalue weighted by Crippen LogP contribution is 2.12. The minimum Gasteiger partial charge on any atom is -0.379 e. The van der Waals surface area contributed by atoms with Crippen LogP contribution in [0, 0.1) is 0 Å². The van der Waals surface area contributed by atoms with E-state index in [0.717, 1.165) is 19.6 Å². The molecule has 0 fully saturated rings. The zero-order valence-corrected chi connectivity index (χ0v) is 10.3. The Hall–Kier alpha value is -0.420. The predicted molar refractivity (Wildman–Crippen MR) is 65.1 cm³/mol. The SMILES string of the molecule is CCN(Cc1cccs1)CC(CN)OC. The number of likely N-dealkylation sites (N-methyl/N-ethyl adjacent to an activating group) is 1.